The normalized spacial score (nSPS) is 15.5. The van der Waals surface area contributed by atoms with Gasteiger partial charge < -0.3 is 0 Å². The van der Waals surface area contributed by atoms with Crippen molar-refractivity contribution in [2.75, 3.05) is 0 Å². The highest BCUT2D eigenvalue weighted by molar-refractivity contribution is 5.95. The summed E-state index contributed by atoms with van der Waals surface area (Å²) in [5.41, 5.74) is 4.51. The number of carbonyl (C=O) groups excluding carboxylic acids is 2. The van der Waals surface area contributed by atoms with Crippen LogP contribution in [0, 0.1) is 11.7 Å². The van der Waals surface area contributed by atoms with E-state index in [0.29, 0.717) is 12.3 Å². The van der Waals surface area contributed by atoms with Gasteiger partial charge in [-0.25, -0.2) is 4.39 Å². The lowest BCUT2D eigenvalue weighted by Crippen LogP contribution is -2.42. The van der Waals surface area contributed by atoms with Gasteiger partial charge in [0.1, 0.15) is 5.82 Å². The Labute approximate surface area is 124 Å². The Bertz CT molecular complexity index is 499. The Hall–Kier alpha value is -1.91. The van der Waals surface area contributed by atoms with E-state index in [4.69, 9.17) is 0 Å². The average molecular weight is 292 g/mol. The van der Waals surface area contributed by atoms with E-state index in [1.807, 2.05) is 0 Å². The lowest BCUT2D eigenvalue weighted by molar-refractivity contribution is -0.122. The summed E-state index contributed by atoms with van der Waals surface area (Å²) in [4.78, 5) is 23.4. The van der Waals surface area contributed by atoms with Gasteiger partial charge in [0.2, 0.25) is 5.91 Å². The van der Waals surface area contributed by atoms with Gasteiger partial charge in [0.05, 0.1) is 5.56 Å². The Morgan fingerprint density at radius 1 is 1.10 bits per heavy atom. The van der Waals surface area contributed by atoms with Crippen molar-refractivity contribution in [3.63, 3.8) is 0 Å². The first kappa shape index (κ1) is 15.5. The van der Waals surface area contributed by atoms with Crippen molar-refractivity contribution in [3.8, 4) is 0 Å². The highest BCUT2D eigenvalue weighted by Crippen LogP contribution is 2.27. The molecule has 5 heteroatoms. The number of halogens is 1. The second kappa shape index (κ2) is 7.76. The minimum atomic E-state index is -0.640. The van der Waals surface area contributed by atoms with Crippen molar-refractivity contribution >= 4 is 11.8 Å². The maximum absolute atomic E-state index is 13.4. The van der Waals surface area contributed by atoms with E-state index in [0.717, 1.165) is 6.42 Å². The summed E-state index contributed by atoms with van der Waals surface area (Å²) in [5.74, 6) is -0.859. The van der Waals surface area contributed by atoms with Crippen LogP contribution in [0.1, 0.15) is 55.3 Å². The van der Waals surface area contributed by atoms with E-state index in [1.54, 1.807) is 6.07 Å². The second-order valence-corrected chi connectivity index (χ2v) is 5.52. The summed E-state index contributed by atoms with van der Waals surface area (Å²) in [6.07, 6.45) is 7.40. The molecule has 0 unspecified atom stereocenters. The van der Waals surface area contributed by atoms with Gasteiger partial charge in [-0.1, -0.05) is 44.2 Å². The van der Waals surface area contributed by atoms with Crippen molar-refractivity contribution in [1.29, 1.82) is 0 Å². The molecule has 2 amide bonds. The summed E-state index contributed by atoms with van der Waals surface area (Å²) in [6, 6.07) is 5.66. The van der Waals surface area contributed by atoms with E-state index in [9.17, 15) is 14.0 Å². The molecule has 1 fully saturated rings. The van der Waals surface area contributed by atoms with E-state index in [2.05, 4.69) is 10.9 Å². The minimum Gasteiger partial charge on any atom is -0.273 e. The molecule has 0 saturated heterocycles. The fourth-order valence-electron chi connectivity index (χ4n) is 2.71. The topological polar surface area (TPSA) is 58.2 Å². The molecule has 2 rings (SSSR count). The molecule has 1 saturated carbocycles. The molecule has 0 spiro atoms. The number of amides is 2. The molecular formula is C16H21FN2O2. The second-order valence-electron chi connectivity index (χ2n) is 5.52. The van der Waals surface area contributed by atoms with Crippen LogP contribution in [0.2, 0.25) is 0 Å². The van der Waals surface area contributed by atoms with E-state index in [-0.39, 0.29) is 11.5 Å². The van der Waals surface area contributed by atoms with Gasteiger partial charge in [0.25, 0.3) is 5.91 Å². The molecule has 21 heavy (non-hydrogen) atoms. The molecule has 0 aromatic heterocycles. The zero-order chi connectivity index (χ0) is 15.1. The number of nitrogens with one attached hydrogen (secondary N) is 2. The summed E-state index contributed by atoms with van der Waals surface area (Å²) in [6.45, 7) is 0. The third-order valence-corrected chi connectivity index (χ3v) is 3.94. The van der Waals surface area contributed by atoms with Crippen LogP contribution in [0.15, 0.2) is 24.3 Å². The van der Waals surface area contributed by atoms with Crippen LogP contribution < -0.4 is 10.9 Å². The minimum absolute atomic E-state index is 0.0786. The summed E-state index contributed by atoms with van der Waals surface area (Å²) >= 11 is 0. The number of benzene rings is 1. The molecule has 0 radical (unpaired) electrons. The molecule has 1 aromatic carbocycles. The largest absolute Gasteiger partial charge is 0.273 e. The maximum atomic E-state index is 13.4. The molecule has 114 valence electrons. The number of rotatable bonds is 4. The molecule has 1 aromatic rings. The maximum Gasteiger partial charge on any atom is 0.272 e. The van der Waals surface area contributed by atoms with Gasteiger partial charge in [0.15, 0.2) is 0 Å². The number of carbonyl (C=O) groups is 2. The quantitative estimate of drug-likeness (QED) is 0.838. The van der Waals surface area contributed by atoms with Gasteiger partial charge in [-0.05, 0) is 24.5 Å². The fourth-order valence-corrected chi connectivity index (χ4v) is 2.71. The van der Waals surface area contributed by atoms with Crippen LogP contribution in [-0.4, -0.2) is 11.8 Å². The fraction of sp³-hybridized carbons (Fsp3) is 0.500. The van der Waals surface area contributed by atoms with E-state index >= 15 is 0 Å². The van der Waals surface area contributed by atoms with Crippen molar-refractivity contribution < 1.29 is 14.0 Å². The predicted octanol–water partition coefficient (Wildman–Crippen LogP) is 2.95. The molecular weight excluding hydrogens is 271 g/mol. The van der Waals surface area contributed by atoms with Crippen LogP contribution >= 0.6 is 0 Å². The van der Waals surface area contributed by atoms with E-state index < -0.39 is 11.7 Å². The predicted molar refractivity (Wildman–Crippen MR) is 77.8 cm³/mol. The van der Waals surface area contributed by atoms with Crippen molar-refractivity contribution in [1.82, 2.24) is 10.9 Å². The number of hydrazine groups is 1. The van der Waals surface area contributed by atoms with Crippen LogP contribution in [0.4, 0.5) is 4.39 Å². The summed E-state index contributed by atoms with van der Waals surface area (Å²) in [7, 11) is 0. The van der Waals surface area contributed by atoms with Crippen LogP contribution in [0.25, 0.3) is 0 Å². The zero-order valence-electron chi connectivity index (χ0n) is 12.0. The molecule has 0 atom stereocenters. The van der Waals surface area contributed by atoms with Crippen LogP contribution in [0.5, 0.6) is 0 Å². The number of hydrogen-bond acceptors (Lipinski definition) is 2. The molecule has 1 aliphatic rings. The first-order valence-corrected chi connectivity index (χ1v) is 7.50. The van der Waals surface area contributed by atoms with Crippen molar-refractivity contribution in [2.45, 2.75) is 44.9 Å². The third-order valence-electron chi connectivity index (χ3n) is 3.94. The first-order valence-electron chi connectivity index (χ1n) is 7.50. The Balaban J connectivity index is 1.71. The first-order chi connectivity index (χ1) is 10.2. The molecule has 4 nitrogen and oxygen atoms in total. The lowest BCUT2D eigenvalue weighted by Gasteiger charge is -2.21. The number of hydrogen-bond donors (Lipinski definition) is 2. The lowest BCUT2D eigenvalue weighted by atomic mass is 9.86. The van der Waals surface area contributed by atoms with Gasteiger partial charge in [-0.2, -0.15) is 0 Å². The Morgan fingerprint density at radius 2 is 1.81 bits per heavy atom. The van der Waals surface area contributed by atoms with Gasteiger partial charge in [-0.15, -0.1) is 0 Å². The highest BCUT2D eigenvalue weighted by Gasteiger charge is 2.15. The third kappa shape index (κ3) is 4.85. The summed E-state index contributed by atoms with van der Waals surface area (Å²) < 4.78 is 13.4. The molecule has 0 heterocycles. The Kier molecular flexibility index (Phi) is 5.72. The smallest absolute Gasteiger partial charge is 0.272 e. The van der Waals surface area contributed by atoms with Crippen LogP contribution in [0.3, 0.4) is 0 Å². The standard InChI is InChI=1S/C16H21FN2O2/c17-14-9-5-4-8-13(14)16(21)19-18-15(20)11-10-12-6-2-1-3-7-12/h4-5,8-9,12H,1-3,6-7,10-11H2,(H,18,20)(H,19,21). The molecule has 0 bridgehead atoms. The van der Waals surface area contributed by atoms with Crippen LogP contribution in [-0.2, 0) is 4.79 Å². The monoisotopic (exact) mass is 292 g/mol. The van der Waals surface area contributed by atoms with Crippen molar-refractivity contribution in [3.05, 3.63) is 35.6 Å². The SMILES string of the molecule is O=C(CCC1CCCCC1)NNC(=O)c1ccccc1F. The molecule has 2 N–H and O–H groups in total. The van der Waals surface area contributed by atoms with Crippen molar-refractivity contribution in [2.24, 2.45) is 5.92 Å². The van der Waals surface area contributed by atoms with Gasteiger partial charge in [0, 0.05) is 6.42 Å². The van der Waals surface area contributed by atoms with Gasteiger partial charge in [-0.3, -0.25) is 20.4 Å². The highest BCUT2D eigenvalue weighted by atomic mass is 19.1. The zero-order valence-corrected chi connectivity index (χ0v) is 12.0. The van der Waals surface area contributed by atoms with Gasteiger partial charge >= 0.3 is 0 Å². The molecule has 0 aliphatic heterocycles. The Morgan fingerprint density at radius 3 is 2.52 bits per heavy atom. The average Bonchev–Trinajstić information content (AvgIpc) is 2.52. The van der Waals surface area contributed by atoms with E-state index in [1.165, 1.54) is 50.3 Å². The molecule has 1 aliphatic carbocycles. The summed E-state index contributed by atoms with van der Waals surface area (Å²) in [5, 5.41) is 0.